The van der Waals surface area contributed by atoms with Gasteiger partial charge in [-0.25, -0.2) is 15.0 Å². The first kappa shape index (κ1) is 38.9. The molecule has 0 aliphatic rings. The van der Waals surface area contributed by atoms with Gasteiger partial charge in [-0.05, 0) is 101 Å². The van der Waals surface area contributed by atoms with Crippen LogP contribution < -0.4 is 0 Å². The summed E-state index contributed by atoms with van der Waals surface area (Å²) in [5, 5.41) is 8.87. The Balaban J connectivity index is 0.923. The molecule has 6 nitrogen and oxygen atoms in total. The van der Waals surface area contributed by atoms with Crippen molar-refractivity contribution in [3.8, 4) is 62.1 Å². The molecule has 0 fully saturated rings. The van der Waals surface area contributed by atoms with Gasteiger partial charge in [0, 0.05) is 74.9 Å². The smallest absolute Gasteiger partial charge is 0.165 e. The lowest BCUT2D eigenvalue weighted by atomic mass is 9.99. The zero-order valence-electron chi connectivity index (χ0n) is 37.3. The zero-order chi connectivity index (χ0) is 45.9. The van der Waals surface area contributed by atoms with Crippen LogP contribution in [0.15, 0.2) is 227 Å². The maximum absolute atomic E-state index is 6.65. The molecule has 15 aromatic rings. The predicted octanol–water partition coefficient (Wildman–Crippen LogP) is 17.5. The van der Waals surface area contributed by atoms with Crippen molar-refractivity contribution in [2.24, 2.45) is 0 Å². The summed E-state index contributed by atoms with van der Waals surface area (Å²) in [5.41, 5.74) is 13.8. The number of nitrogens with zero attached hydrogens (tertiary/aromatic N) is 4. The van der Waals surface area contributed by atoms with E-state index in [1.54, 1.807) is 11.3 Å². The fourth-order valence-corrected chi connectivity index (χ4v) is 11.8. The third-order valence-corrected chi connectivity index (χ3v) is 15.1. The van der Waals surface area contributed by atoms with Crippen LogP contribution >= 0.6 is 11.3 Å². The Morgan fingerprint density at radius 2 is 0.929 bits per heavy atom. The van der Waals surface area contributed by atoms with Crippen LogP contribution in [0.4, 0.5) is 0 Å². The Hall–Kier alpha value is -9.17. The number of hydrogen-bond acceptors (Lipinski definition) is 6. The Bertz CT molecular complexity index is 4600. The van der Waals surface area contributed by atoms with Gasteiger partial charge in [0.1, 0.15) is 22.3 Å². The van der Waals surface area contributed by atoms with E-state index in [0.717, 1.165) is 93.1 Å². The lowest BCUT2D eigenvalue weighted by Gasteiger charge is -2.10. The second-order valence-electron chi connectivity index (χ2n) is 17.9. The van der Waals surface area contributed by atoms with Crippen LogP contribution in [0.2, 0.25) is 0 Å². The van der Waals surface area contributed by atoms with Gasteiger partial charge >= 0.3 is 0 Å². The standard InChI is InChI=1S/C63H36N4O2S/c1-3-13-37(14-4-1)38-27-31-52-50(33-38)43-29-25-40(35-53(43)67(52)42-15-5-2-6-16-42)39-28-32-55-51(34-39)59-48(20-12-23-56(59)68-55)62-64-61(41-26-30-45-44-17-7-9-22-54(44)69-57(45)36-41)65-63(66-62)49-21-11-19-47-46-18-8-10-24-58(46)70-60(47)49/h1-36H. The summed E-state index contributed by atoms with van der Waals surface area (Å²) in [6.07, 6.45) is 0. The van der Waals surface area contributed by atoms with Crippen LogP contribution in [0.3, 0.4) is 0 Å². The maximum atomic E-state index is 6.65. The Morgan fingerprint density at radius 3 is 1.83 bits per heavy atom. The molecule has 0 saturated carbocycles. The normalized spacial score (nSPS) is 12.0. The van der Waals surface area contributed by atoms with Gasteiger partial charge in [-0.2, -0.15) is 0 Å². The first-order chi connectivity index (χ1) is 34.7. The van der Waals surface area contributed by atoms with Crippen molar-refractivity contribution in [2.45, 2.75) is 0 Å². The summed E-state index contributed by atoms with van der Waals surface area (Å²) in [5.74, 6) is 1.72. The highest BCUT2D eigenvalue weighted by molar-refractivity contribution is 7.26. The van der Waals surface area contributed by atoms with Crippen molar-refractivity contribution in [1.29, 1.82) is 0 Å². The quantitative estimate of drug-likeness (QED) is 0.166. The van der Waals surface area contributed by atoms with E-state index in [2.05, 4.69) is 193 Å². The van der Waals surface area contributed by atoms with Crippen LogP contribution in [0, 0.1) is 0 Å². The summed E-state index contributed by atoms with van der Waals surface area (Å²) >= 11 is 1.76. The second kappa shape index (κ2) is 15.2. The molecule has 0 aliphatic carbocycles. The molecule has 0 atom stereocenters. The first-order valence-electron chi connectivity index (χ1n) is 23.4. The van der Waals surface area contributed by atoms with Gasteiger partial charge < -0.3 is 13.4 Å². The van der Waals surface area contributed by atoms with Crippen LogP contribution in [0.25, 0.3) is 148 Å². The average Bonchev–Trinajstić information content (AvgIpc) is 4.19. The number of para-hydroxylation sites is 2. The Morgan fingerprint density at radius 1 is 0.329 bits per heavy atom. The number of rotatable bonds is 6. The molecule has 0 radical (unpaired) electrons. The van der Waals surface area contributed by atoms with Crippen LogP contribution in [0.1, 0.15) is 0 Å². The summed E-state index contributed by atoms with van der Waals surface area (Å²) in [6, 6.07) is 76.9. The van der Waals surface area contributed by atoms with E-state index in [0.29, 0.717) is 17.5 Å². The summed E-state index contributed by atoms with van der Waals surface area (Å²) in [4.78, 5) is 16.0. The van der Waals surface area contributed by atoms with Crippen molar-refractivity contribution in [2.75, 3.05) is 0 Å². The lowest BCUT2D eigenvalue weighted by molar-refractivity contribution is 0.668. The molecule has 5 aromatic heterocycles. The minimum Gasteiger partial charge on any atom is -0.456 e. The van der Waals surface area contributed by atoms with Crippen molar-refractivity contribution in [1.82, 2.24) is 19.5 Å². The van der Waals surface area contributed by atoms with Gasteiger partial charge in [-0.15, -0.1) is 11.3 Å². The van der Waals surface area contributed by atoms with Crippen molar-refractivity contribution >= 4 is 97.2 Å². The summed E-state index contributed by atoms with van der Waals surface area (Å²) in [7, 11) is 0. The molecule has 15 rings (SSSR count). The van der Waals surface area contributed by atoms with Crippen LogP contribution in [0.5, 0.6) is 0 Å². The summed E-state index contributed by atoms with van der Waals surface area (Å²) < 4.78 is 17.8. The van der Waals surface area contributed by atoms with Crippen molar-refractivity contribution in [3.63, 3.8) is 0 Å². The topological polar surface area (TPSA) is 69.9 Å². The predicted molar refractivity (Wildman–Crippen MR) is 289 cm³/mol. The van der Waals surface area contributed by atoms with E-state index in [-0.39, 0.29) is 0 Å². The highest BCUT2D eigenvalue weighted by atomic mass is 32.1. The van der Waals surface area contributed by atoms with Crippen molar-refractivity contribution in [3.05, 3.63) is 218 Å². The van der Waals surface area contributed by atoms with Gasteiger partial charge in [-0.3, -0.25) is 0 Å². The van der Waals surface area contributed by atoms with Gasteiger partial charge in [0.25, 0.3) is 0 Å². The molecule has 0 saturated heterocycles. The number of benzene rings is 10. The molecule has 326 valence electrons. The molecule has 0 aliphatic heterocycles. The molecule has 5 heterocycles. The monoisotopic (exact) mass is 912 g/mol. The second-order valence-corrected chi connectivity index (χ2v) is 18.9. The number of thiophene rings is 1. The molecule has 0 amide bonds. The zero-order valence-corrected chi connectivity index (χ0v) is 38.1. The number of aromatic nitrogens is 4. The first-order valence-corrected chi connectivity index (χ1v) is 24.2. The summed E-state index contributed by atoms with van der Waals surface area (Å²) in [6.45, 7) is 0. The molecular formula is C63H36N4O2S. The maximum Gasteiger partial charge on any atom is 0.165 e. The average molecular weight is 913 g/mol. The van der Waals surface area contributed by atoms with Crippen LogP contribution in [-0.2, 0) is 0 Å². The van der Waals surface area contributed by atoms with E-state index in [9.17, 15) is 0 Å². The molecule has 0 N–H and O–H groups in total. The molecule has 0 unspecified atom stereocenters. The highest BCUT2D eigenvalue weighted by Crippen LogP contribution is 2.43. The number of hydrogen-bond donors (Lipinski definition) is 0. The molecule has 10 aromatic carbocycles. The van der Waals surface area contributed by atoms with Crippen molar-refractivity contribution < 1.29 is 8.83 Å². The Kier molecular flexibility index (Phi) is 8.43. The fourth-order valence-electron chi connectivity index (χ4n) is 10.6. The van der Waals surface area contributed by atoms with E-state index >= 15 is 0 Å². The third kappa shape index (κ3) is 6.02. The van der Waals surface area contributed by atoms with E-state index in [1.165, 1.54) is 37.4 Å². The van der Waals surface area contributed by atoms with E-state index < -0.39 is 0 Å². The van der Waals surface area contributed by atoms with Crippen LogP contribution in [-0.4, -0.2) is 19.5 Å². The third-order valence-electron chi connectivity index (χ3n) is 13.9. The van der Waals surface area contributed by atoms with Gasteiger partial charge in [0.05, 0.1) is 11.0 Å². The number of furan rings is 2. The largest absolute Gasteiger partial charge is 0.456 e. The molecule has 0 spiro atoms. The molecule has 0 bridgehead atoms. The van der Waals surface area contributed by atoms with Gasteiger partial charge in [-0.1, -0.05) is 140 Å². The Labute approximate surface area is 404 Å². The fraction of sp³-hybridized carbons (Fsp3) is 0. The minimum atomic E-state index is 0.559. The SMILES string of the molecule is c1ccc(-c2ccc3c(c2)c2ccc(-c4ccc5oc6cccc(-c7nc(-c8ccc9c(c8)oc8ccccc89)nc(-c8cccc9c8sc8ccccc89)n7)c6c5c4)cc2n3-c2ccccc2)cc1. The van der Waals surface area contributed by atoms with E-state index in [1.807, 2.05) is 30.3 Å². The minimum absolute atomic E-state index is 0.559. The van der Waals surface area contributed by atoms with E-state index in [4.69, 9.17) is 23.8 Å². The van der Waals surface area contributed by atoms with Gasteiger partial charge in [0.15, 0.2) is 17.5 Å². The highest BCUT2D eigenvalue weighted by Gasteiger charge is 2.22. The number of fused-ring (bicyclic) bond motifs is 12. The lowest BCUT2D eigenvalue weighted by Crippen LogP contribution is -2.00. The molecular weight excluding hydrogens is 877 g/mol. The molecule has 70 heavy (non-hydrogen) atoms. The molecule has 7 heteroatoms. The van der Waals surface area contributed by atoms with Gasteiger partial charge in [0.2, 0.25) is 0 Å².